The minimum atomic E-state index is -0.127. The molecule has 1 atom stereocenters. The van der Waals surface area contributed by atoms with Crippen LogP contribution in [0.1, 0.15) is 11.6 Å². The normalized spacial score (nSPS) is 15.3. The highest BCUT2D eigenvalue weighted by Gasteiger charge is 2.23. The fourth-order valence-electron chi connectivity index (χ4n) is 4.10. The number of benzene rings is 3. The van der Waals surface area contributed by atoms with Crippen molar-refractivity contribution in [1.29, 1.82) is 0 Å². The van der Waals surface area contributed by atoms with E-state index in [1.54, 1.807) is 6.26 Å². The van der Waals surface area contributed by atoms with Crippen LogP contribution in [0, 0.1) is 0 Å². The number of furan rings is 1. The van der Waals surface area contributed by atoms with Crippen molar-refractivity contribution in [2.45, 2.75) is 6.04 Å². The number of nitrogens with one attached hydrogen (secondary N) is 2. The van der Waals surface area contributed by atoms with Gasteiger partial charge in [-0.1, -0.05) is 84.9 Å². The number of hydrogen-bond donors (Lipinski definition) is 2. The van der Waals surface area contributed by atoms with Crippen LogP contribution >= 0.6 is 12.2 Å². The lowest BCUT2D eigenvalue weighted by Gasteiger charge is -2.26. The Balaban J connectivity index is 1.41. The Morgan fingerprint density at radius 3 is 2.17 bits per heavy atom. The van der Waals surface area contributed by atoms with Crippen LogP contribution in [0.15, 0.2) is 114 Å². The molecule has 170 valence electrons. The van der Waals surface area contributed by atoms with E-state index in [-0.39, 0.29) is 6.04 Å². The molecule has 1 unspecified atom stereocenters. The van der Waals surface area contributed by atoms with Crippen molar-refractivity contribution in [2.75, 3.05) is 0 Å². The molecule has 0 amide bonds. The first-order valence-electron chi connectivity index (χ1n) is 11.3. The van der Waals surface area contributed by atoms with Gasteiger partial charge in [-0.25, -0.2) is 4.98 Å². The molecular formula is C28H21N5OS. The molecule has 35 heavy (non-hydrogen) atoms. The Bertz CT molecular complexity index is 1490. The third kappa shape index (κ3) is 4.25. The number of thiocarbonyl (C=S) groups is 1. The molecule has 0 aliphatic carbocycles. The summed E-state index contributed by atoms with van der Waals surface area (Å²) in [7, 11) is 0. The third-order valence-electron chi connectivity index (χ3n) is 5.83. The van der Waals surface area contributed by atoms with Gasteiger partial charge in [-0.05, 0) is 36.0 Å². The quantitative estimate of drug-likeness (QED) is 0.309. The van der Waals surface area contributed by atoms with Crippen LogP contribution in [0.5, 0.6) is 0 Å². The highest BCUT2D eigenvalue weighted by atomic mass is 32.1. The molecule has 5 aromatic rings. The van der Waals surface area contributed by atoms with Gasteiger partial charge in [0.25, 0.3) is 0 Å². The van der Waals surface area contributed by atoms with E-state index in [0.29, 0.717) is 10.9 Å². The summed E-state index contributed by atoms with van der Waals surface area (Å²) in [5, 5.41) is 12.0. The van der Waals surface area contributed by atoms with Gasteiger partial charge in [0.15, 0.2) is 16.8 Å². The van der Waals surface area contributed by atoms with E-state index >= 15 is 0 Å². The molecule has 0 radical (unpaired) electrons. The summed E-state index contributed by atoms with van der Waals surface area (Å²) >= 11 is 5.57. The number of rotatable bonds is 5. The van der Waals surface area contributed by atoms with Gasteiger partial charge >= 0.3 is 0 Å². The molecule has 2 aromatic heterocycles. The van der Waals surface area contributed by atoms with Crippen molar-refractivity contribution in [3.8, 4) is 34.1 Å². The fourth-order valence-corrected chi connectivity index (χ4v) is 4.33. The maximum atomic E-state index is 5.57. The zero-order chi connectivity index (χ0) is 23.6. The smallest absolute Gasteiger partial charge is 0.182 e. The Hall–Kier alpha value is -4.49. The predicted octanol–water partition coefficient (Wildman–Crippen LogP) is 5.89. The van der Waals surface area contributed by atoms with Crippen LogP contribution in [0.4, 0.5) is 0 Å². The van der Waals surface area contributed by atoms with Gasteiger partial charge in [0.1, 0.15) is 11.6 Å². The van der Waals surface area contributed by atoms with E-state index in [1.807, 2.05) is 89.6 Å². The van der Waals surface area contributed by atoms with Crippen molar-refractivity contribution in [2.24, 2.45) is 0 Å². The summed E-state index contributed by atoms with van der Waals surface area (Å²) in [6, 6.07) is 32.0. The average molecular weight is 476 g/mol. The summed E-state index contributed by atoms with van der Waals surface area (Å²) in [6.45, 7) is 0. The second-order valence-electron chi connectivity index (χ2n) is 8.13. The van der Waals surface area contributed by atoms with Gasteiger partial charge in [0, 0.05) is 16.7 Å². The van der Waals surface area contributed by atoms with E-state index in [0.717, 1.165) is 39.7 Å². The maximum Gasteiger partial charge on any atom is 0.182 e. The van der Waals surface area contributed by atoms with Crippen molar-refractivity contribution < 1.29 is 4.42 Å². The van der Waals surface area contributed by atoms with Gasteiger partial charge < -0.3 is 15.1 Å². The van der Waals surface area contributed by atoms with Crippen LogP contribution < -0.4 is 10.6 Å². The Labute approximate surface area is 208 Å². The second kappa shape index (κ2) is 9.04. The van der Waals surface area contributed by atoms with Crippen molar-refractivity contribution >= 4 is 23.2 Å². The highest BCUT2D eigenvalue weighted by molar-refractivity contribution is 7.80. The van der Waals surface area contributed by atoms with Gasteiger partial charge in [0.05, 0.1) is 12.3 Å². The molecule has 2 N–H and O–H groups in total. The monoisotopic (exact) mass is 475 g/mol. The summed E-state index contributed by atoms with van der Waals surface area (Å²) in [4.78, 5) is 4.89. The summed E-state index contributed by atoms with van der Waals surface area (Å²) in [5.74, 6) is 2.98. The average Bonchev–Trinajstić information content (AvgIpc) is 3.61. The molecule has 0 fully saturated rings. The Morgan fingerprint density at radius 1 is 0.771 bits per heavy atom. The second-order valence-corrected chi connectivity index (χ2v) is 8.54. The molecule has 6 rings (SSSR count). The first-order valence-corrected chi connectivity index (χ1v) is 11.7. The molecule has 3 heterocycles. The molecule has 7 heteroatoms. The van der Waals surface area contributed by atoms with Crippen LogP contribution in [0.2, 0.25) is 0 Å². The standard InChI is InChI=1S/C28H21N5OS/c35-28-29-23(19-13-15-20(16-14-19)24-12-7-17-34-24)18-25(30-28)33-27(22-10-5-2-6-11-22)31-26(32-33)21-8-3-1-4-9-21/h1-18,23H,(H2,29,30,35). The van der Waals surface area contributed by atoms with Crippen LogP contribution in [-0.4, -0.2) is 19.9 Å². The lowest BCUT2D eigenvalue weighted by molar-refractivity contribution is 0.582. The molecule has 0 spiro atoms. The zero-order valence-electron chi connectivity index (χ0n) is 18.6. The van der Waals surface area contributed by atoms with Crippen molar-refractivity contribution in [3.63, 3.8) is 0 Å². The molecule has 1 aliphatic rings. The number of hydrogen-bond acceptors (Lipinski definition) is 4. The SMILES string of the molecule is S=C1NC(n2nc(-c3ccccc3)nc2-c2ccccc2)=CC(c2ccc(-c3ccco3)cc2)N1. The largest absolute Gasteiger partial charge is 0.464 e. The fraction of sp³-hybridized carbons (Fsp3) is 0.0357. The Morgan fingerprint density at radius 2 is 1.49 bits per heavy atom. The van der Waals surface area contributed by atoms with Crippen molar-refractivity contribution in [3.05, 3.63) is 115 Å². The van der Waals surface area contributed by atoms with Gasteiger partial charge in [-0.3, -0.25) is 0 Å². The van der Waals surface area contributed by atoms with Gasteiger partial charge in [-0.2, -0.15) is 4.68 Å². The zero-order valence-corrected chi connectivity index (χ0v) is 19.4. The summed E-state index contributed by atoms with van der Waals surface area (Å²) in [5.41, 5.74) is 4.01. The van der Waals surface area contributed by atoms with Crippen LogP contribution in [0.3, 0.4) is 0 Å². The first kappa shape index (κ1) is 21.1. The Kier molecular flexibility index (Phi) is 5.44. The lowest BCUT2D eigenvalue weighted by Crippen LogP contribution is -2.42. The molecule has 0 saturated carbocycles. The lowest BCUT2D eigenvalue weighted by atomic mass is 10.0. The molecule has 6 nitrogen and oxygen atoms in total. The molecule has 0 saturated heterocycles. The first-order chi connectivity index (χ1) is 17.2. The van der Waals surface area contributed by atoms with Crippen LogP contribution in [0.25, 0.3) is 39.9 Å². The van der Waals surface area contributed by atoms with E-state index < -0.39 is 0 Å². The number of nitrogens with zero attached hydrogens (tertiary/aromatic N) is 3. The predicted molar refractivity (Wildman–Crippen MR) is 141 cm³/mol. The molecule has 1 aliphatic heterocycles. The summed E-state index contributed by atoms with van der Waals surface area (Å²) < 4.78 is 7.34. The van der Waals surface area contributed by atoms with E-state index in [1.165, 1.54) is 0 Å². The highest BCUT2D eigenvalue weighted by Crippen LogP contribution is 2.28. The van der Waals surface area contributed by atoms with E-state index in [4.69, 9.17) is 26.7 Å². The molecule has 0 bridgehead atoms. The van der Waals surface area contributed by atoms with Gasteiger partial charge in [0.2, 0.25) is 0 Å². The van der Waals surface area contributed by atoms with E-state index in [2.05, 4.69) is 28.8 Å². The maximum absolute atomic E-state index is 5.57. The topological polar surface area (TPSA) is 67.9 Å². The summed E-state index contributed by atoms with van der Waals surface area (Å²) in [6.07, 6.45) is 3.75. The molecular weight excluding hydrogens is 454 g/mol. The van der Waals surface area contributed by atoms with E-state index in [9.17, 15) is 0 Å². The third-order valence-corrected chi connectivity index (χ3v) is 6.05. The van der Waals surface area contributed by atoms with Gasteiger partial charge in [-0.15, -0.1) is 5.10 Å². The van der Waals surface area contributed by atoms with Crippen LogP contribution in [-0.2, 0) is 0 Å². The number of aromatic nitrogens is 3. The minimum absolute atomic E-state index is 0.127. The molecule has 3 aromatic carbocycles. The minimum Gasteiger partial charge on any atom is -0.464 e. The van der Waals surface area contributed by atoms with Crippen molar-refractivity contribution in [1.82, 2.24) is 25.4 Å².